The molecular formula is C27H31FN4O9. The van der Waals surface area contributed by atoms with Crippen LogP contribution in [0.4, 0.5) is 10.1 Å². The van der Waals surface area contributed by atoms with E-state index in [1.54, 1.807) is 4.90 Å². The minimum absolute atomic E-state index is 0.0599. The van der Waals surface area contributed by atoms with Crippen LogP contribution in [-0.4, -0.2) is 112 Å². The molecule has 3 aliphatic carbocycles. The van der Waals surface area contributed by atoms with Crippen LogP contribution in [-0.2, 0) is 25.5 Å². The normalized spacial score (nSPS) is 28.4. The summed E-state index contributed by atoms with van der Waals surface area (Å²) in [5, 5.41) is 47.2. The van der Waals surface area contributed by atoms with Crippen LogP contribution in [0.5, 0.6) is 5.75 Å². The molecule has 0 radical (unpaired) electrons. The summed E-state index contributed by atoms with van der Waals surface area (Å²) in [5.41, 5.74) is 0.141. The lowest BCUT2D eigenvalue weighted by molar-refractivity contribution is -0.148. The van der Waals surface area contributed by atoms with E-state index in [0.29, 0.717) is 26.3 Å². The Labute approximate surface area is 233 Å². The molecule has 2 amide bonds. The van der Waals surface area contributed by atoms with Gasteiger partial charge in [0.15, 0.2) is 17.1 Å². The van der Waals surface area contributed by atoms with Crippen molar-refractivity contribution in [2.75, 3.05) is 52.3 Å². The molecule has 1 heterocycles. The Bertz CT molecular complexity index is 1430. The van der Waals surface area contributed by atoms with E-state index < -0.39 is 86.7 Å². The molecule has 13 nitrogen and oxygen atoms in total. The van der Waals surface area contributed by atoms with Crippen LogP contribution in [0.15, 0.2) is 28.7 Å². The van der Waals surface area contributed by atoms with Gasteiger partial charge in [0.05, 0.1) is 37.1 Å². The van der Waals surface area contributed by atoms with Gasteiger partial charge < -0.3 is 36.2 Å². The smallest absolute Gasteiger partial charge is 0.255 e. The monoisotopic (exact) mass is 574 g/mol. The number of fused-ring (bicyclic) bond motifs is 3. The number of nitrogens with zero attached hydrogens (tertiary/aromatic N) is 2. The highest BCUT2D eigenvalue weighted by Gasteiger charge is 2.63. The molecular weight excluding hydrogens is 543 g/mol. The number of benzene rings is 1. The number of hydrogen-bond acceptors (Lipinski definition) is 11. The highest BCUT2D eigenvalue weighted by Crippen LogP contribution is 2.53. The maximum Gasteiger partial charge on any atom is 0.255 e. The van der Waals surface area contributed by atoms with E-state index in [1.807, 2.05) is 0 Å². The van der Waals surface area contributed by atoms with Crippen molar-refractivity contribution in [2.45, 2.75) is 24.5 Å². The molecule has 14 heteroatoms. The van der Waals surface area contributed by atoms with E-state index in [0.717, 1.165) is 6.07 Å². The number of nitrogens with two attached hydrogens (primary N) is 1. The summed E-state index contributed by atoms with van der Waals surface area (Å²) in [6.07, 6.45) is -0.361. The van der Waals surface area contributed by atoms with Gasteiger partial charge in [-0.15, -0.1) is 0 Å². The minimum Gasteiger partial charge on any atom is -0.510 e. The van der Waals surface area contributed by atoms with Gasteiger partial charge in [0, 0.05) is 36.2 Å². The summed E-state index contributed by atoms with van der Waals surface area (Å²) in [7, 11) is 3.03. The number of amides is 2. The number of carbonyl (C=O) groups is 4. The third kappa shape index (κ3) is 4.38. The maximum absolute atomic E-state index is 15.4. The number of rotatable bonds is 5. The zero-order valence-electron chi connectivity index (χ0n) is 22.4. The summed E-state index contributed by atoms with van der Waals surface area (Å²) in [6.45, 7) is 1.85. The Kier molecular flexibility index (Phi) is 7.14. The van der Waals surface area contributed by atoms with E-state index in [9.17, 15) is 39.6 Å². The number of nitrogens with one attached hydrogen (secondary N) is 1. The number of aliphatic hydroxyl groups excluding tert-OH is 2. The van der Waals surface area contributed by atoms with Crippen LogP contribution in [0.3, 0.4) is 0 Å². The molecule has 4 atom stereocenters. The second-order valence-electron chi connectivity index (χ2n) is 11.0. The average molecular weight is 575 g/mol. The standard InChI is InChI=1S/C27H31FN4O9/c1-31(2)20-13-8-11-7-12-14(28)9-15(30-16(33)10-32-3-5-41-6-4-32)21(34)18(12)22(35)17(11)24(37)27(13,40)25(38)19(23(20)36)26(29)39/h9,11,13,20,34,36-37,40H,3-8,10H2,1-2H3,(H2,29,39)(H,30,33)/t11-,13-,20-,27-/m0/s1. The minimum atomic E-state index is -2.80. The Morgan fingerprint density at radius 3 is 2.49 bits per heavy atom. The number of aromatic hydroxyl groups is 1. The molecule has 0 spiro atoms. The molecule has 1 saturated heterocycles. The number of morpholine rings is 1. The predicted octanol–water partition coefficient (Wildman–Crippen LogP) is -0.470. The van der Waals surface area contributed by atoms with Gasteiger partial charge in [-0.1, -0.05) is 0 Å². The second kappa shape index (κ2) is 10.2. The van der Waals surface area contributed by atoms with E-state index in [-0.39, 0.29) is 30.6 Å². The number of carbonyl (C=O) groups excluding carboxylic acids is 4. The maximum atomic E-state index is 15.4. The van der Waals surface area contributed by atoms with Crippen molar-refractivity contribution in [3.8, 4) is 5.75 Å². The molecule has 41 heavy (non-hydrogen) atoms. The quantitative estimate of drug-likeness (QED) is 0.196. The molecule has 0 bridgehead atoms. The number of phenols is 1. The van der Waals surface area contributed by atoms with Gasteiger partial charge in [0.1, 0.15) is 22.9 Å². The number of primary amides is 1. The Hall–Kier alpha value is -3.85. The van der Waals surface area contributed by atoms with Crippen LogP contribution < -0.4 is 11.1 Å². The Morgan fingerprint density at radius 1 is 1.22 bits per heavy atom. The number of Topliss-reactive ketones (excluding diaryl/α,β-unsaturated/α-hetero) is 2. The molecule has 5 rings (SSSR count). The zero-order chi connectivity index (χ0) is 30.0. The molecule has 0 unspecified atom stereocenters. The number of likely N-dealkylation sites (N-methyl/N-ethyl adjacent to an activating group) is 1. The van der Waals surface area contributed by atoms with Crippen molar-refractivity contribution in [3.05, 3.63) is 45.7 Å². The van der Waals surface area contributed by atoms with Crippen molar-refractivity contribution >= 4 is 29.1 Å². The van der Waals surface area contributed by atoms with Gasteiger partial charge in [-0.05, 0) is 32.9 Å². The number of aliphatic hydroxyl groups is 3. The molecule has 1 aliphatic heterocycles. The van der Waals surface area contributed by atoms with Gasteiger partial charge in [-0.3, -0.25) is 29.0 Å². The molecule has 4 aliphatic rings. The lowest BCUT2D eigenvalue weighted by Gasteiger charge is -2.50. The summed E-state index contributed by atoms with van der Waals surface area (Å²) in [6, 6.07) is -0.241. The van der Waals surface area contributed by atoms with E-state index in [4.69, 9.17) is 10.5 Å². The first-order valence-corrected chi connectivity index (χ1v) is 13.1. The van der Waals surface area contributed by atoms with Crippen molar-refractivity contribution < 1.29 is 48.7 Å². The number of halogens is 1. The lowest BCUT2D eigenvalue weighted by atomic mass is 9.58. The fraction of sp³-hybridized carbons (Fsp3) is 0.481. The van der Waals surface area contributed by atoms with E-state index in [2.05, 4.69) is 5.32 Å². The van der Waals surface area contributed by atoms with Gasteiger partial charge in [-0.25, -0.2) is 4.39 Å². The van der Waals surface area contributed by atoms with E-state index >= 15 is 4.39 Å². The first kappa shape index (κ1) is 28.7. The molecule has 1 aromatic rings. The first-order valence-electron chi connectivity index (χ1n) is 13.1. The fourth-order valence-electron chi connectivity index (χ4n) is 6.52. The topological polar surface area (TPSA) is 203 Å². The zero-order valence-corrected chi connectivity index (χ0v) is 22.4. The van der Waals surface area contributed by atoms with Gasteiger partial charge in [0.2, 0.25) is 11.7 Å². The van der Waals surface area contributed by atoms with Gasteiger partial charge in [-0.2, -0.15) is 0 Å². The molecule has 1 fully saturated rings. The van der Waals surface area contributed by atoms with Crippen LogP contribution in [0.1, 0.15) is 22.3 Å². The fourth-order valence-corrected chi connectivity index (χ4v) is 6.52. The number of anilines is 1. The lowest BCUT2D eigenvalue weighted by Crippen LogP contribution is -2.63. The van der Waals surface area contributed by atoms with Crippen molar-refractivity contribution in [1.82, 2.24) is 9.80 Å². The highest BCUT2D eigenvalue weighted by molar-refractivity contribution is 6.25. The van der Waals surface area contributed by atoms with Gasteiger partial charge >= 0.3 is 0 Å². The summed E-state index contributed by atoms with van der Waals surface area (Å²) >= 11 is 0. The number of hydrogen-bond donors (Lipinski definition) is 6. The number of ketones is 2. The van der Waals surface area contributed by atoms with Crippen molar-refractivity contribution in [3.63, 3.8) is 0 Å². The first-order chi connectivity index (χ1) is 19.3. The predicted molar refractivity (Wildman–Crippen MR) is 140 cm³/mol. The largest absolute Gasteiger partial charge is 0.510 e. The Morgan fingerprint density at radius 2 is 1.88 bits per heavy atom. The van der Waals surface area contributed by atoms with Gasteiger partial charge in [0.25, 0.3) is 5.91 Å². The molecule has 7 N–H and O–H groups in total. The Balaban J connectivity index is 1.56. The average Bonchev–Trinajstić information content (AvgIpc) is 2.89. The number of allylic oxidation sites excluding steroid dienone is 1. The molecule has 0 aromatic heterocycles. The second-order valence-corrected chi connectivity index (χ2v) is 11.0. The van der Waals surface area contributed by atoms with Crippen LogP contribution in [0.25, 0.3) is 0 Å². The van der Waals surface area contributed by atoms with Crippen molar-refractivity contribution in [2.24, 2.45) is 17.6 Å². The number of ether oxygens (including phenoxy) is 1. The van der Waals surface area contributed by atoms with Crippen molar-refractivity contribution in [1.29, 1.82) is 0 Å². The summed E-state index contributed by atoms with van der Waals surface area (Å²) < 4.78 is 20.6. The molecule has 1 aromatic carbocycles. The number of phenolic OH excluding ortho intramolecular Hbond substituents is 1. The van der Waals surface area contributed by atoms with Crippen LogP contribution in [0.2, 0.25) is 0 Å². The van der Waals surface area contributed by atoms with Crippen LogP contribution >= 0.6 is 0 Å². The molecule has 220 valence electrons. The third-order valence-corrected chi connectivity index (χ3v) is 8.41. The summed E-state index contributed by atoms with van der Waals surface area (Å²) in [4.78, 5) is 55.0. The highest BCUT2D eigenvalue weighted by atomic mass is 19.1. The summed E-state index contributed by atoms with van der Waals surface area (Å²) in [5.74, 6) is -9.79. The van der Waals surface area contributed by atoms with Crippen LogP contribution in [0, 0.1) is 17.7 Å². The molecule has 0 saturated carbocycles. The van der Waals surface area contributed by atoms with E-state index in [1.165, 1.54) is 19.0 Å². The third-order valence-electron chi connectivity index (χ3n) is 8.41. The SMILES string of the molecule is CN(C)[C@@H]1C(O)=C(C(N)=O)C(=O)[C@@]2(O)C(O)=C3C(=O)c4c(O)c(NC(=O)CN5CCOCC5)cc(F)c4C[C@H]3C[C@@H]12.